The summed E-state index contributed by atoms with van der Waals surface area (Å²) in [6.07, 6.45) is -0.680. The molecule has 0 aromatic heterocycles. The number of hydrogen-bond acceptors (Lipinski definition) is 6. The zero-order chi connectivity index (χ0) is 18.1. The number of alkyl carbamates (subject to hydrolysis) is 1. The van der Waals surface area contributed by atoms with Crippen molar-refractivity contribution in [2.45, 2.75) is 17.5 Å². The number of methoxy groups -OCH3 is 1. The maximum absolute atomic E-state index is 12.0. The highest BCUT2D eigenvalue weighted by Crippen LogP contribution is 2.25. The van der Waals surface area contributed by atoms with E-state index in [0.717, 1.165) is 10.5 Å². The van der Waals surface area contributed by atoms with Gasteiger partial charge in [-0.3, -0.25) is 0 Å². The third-order valence-corrected chi connectivity index (χ3v) is 4.50. The van der Waals surface area contributed by atoms with Gasteiger partial charge in [0.1, 0.15) is 12.6 Å². The van der Waals surface area contributed by atoms with E-state index < -0.39 is 18.1 Å². The third-order valence-electron chi connectivity index (χ3n) is 3.32. The Morgan fingerprint density at radius 2 is 1.80 bits per heavy atom. The molecule has 2 rings (SSSR count). The maximum Gasteiger partial charge on any atom is 0.408 e. The number of carbonyl (C=O) groups excluding carboxylic acids is 2. The van der Waals surface area contributed by atoms with Gasteiger partial charge in [0.15, 0.2) is 0 Å². The second-order valence-corrected chi connectivity index (χ2v) is 6.19. The SMILES string of the molecule is COC(=O)[C@H](CSc1ccccc1N)NC(=O)OCc1ccccc1. The van der Waals surface area contributed by atoms with Crippen molar-refractivity contribution in [3.05, 3.63) is 60.2 Å². The number of benzene rings is 2. The molecule has 0 radical (unpaired) electrons. The summed E-state index contributed by atoms with van der Waals surface area (Å²) < 4.78 is 9.88. The molecule has 0 aliphatic carbocycles. The van der Waals surface area contributed by atoms with E-state index in [1.54, 1.807) is 6.07 Å². The Morgan fingerprint density at radius 1 is 1.12 bits per heavy atom. The van der Waals surface area contributed by atoms with Crippen LogP contribution in [0.15, 0.2) is 59.5 Å². The first kappa shape index (κ1) is 18.7. The number of ether oxygens (including phenoxy) is 2. The number of esters is 1. The van der Waals surface area contributed by atoms with Gasteiger partial charge in [-0.15, -0.1) is 11.8 Å². The minimum absolute atomic E-state index is 0.124. The molecule has 25 heavy (non-hydrogen) atoms. The fourth-order valence-corrected chi connectivity index (χ4v) is 2.98. The zero-order valence-electron chi connectivity index (χ0n) is 13.8. The average molecular weight is 360 g/mol. The lowest BCUT2D eigenvalue weighted by Crippen LogP contribution is -2.43. The molecule has 0 aliphatic heterocycles. The quantitative estimate of drug-likeness (QED) is 0.448. The number of rotatable bonds is 7. The van der Waals surface area contributed by atoms with Gasteiger partial charge >= 0.3 is 12.1 Å². The zero-order valence-corrected chi connectivity index (χ0v) is 14.6. The first-order valence-corrected chi connectivity index (χ1v) is 8.61. The molecule has 0 bridgehead atoms. The van der Waals surface area contributed by atoms with E-state index in [2.05, 4.69) is 5.32 Å². The highest BCUT2D eigenvalue weighted by molar-refractivity contribution is 7.99. The lowest BCUT2D eigenvalue weighted by molar-refractivity contribution is -0.142. The molecule has 0 unspecified atom stereocenters. The molecule has 1 atom stereocenters. The van der Waals surface area contributed by atoms with Gasteiger partial charge in [0.2, 0.25) is 0 Å². The van der Waals surface area contributed by atoms with E-state index in [9.17, 15) is 9.59 Å². The van der Waals surface area contributed by atoms with Gasteiger partial charge in [0.25, 0.3) is 0 Å². The predicted octanol–water partition coefficient (Wildman–Crippen LogP) is 2.83. The lowest BCUT2D eigenvalue weighted by Gasteiger charge is -2.16. The highest BCUT2D eigenvalue weighted by atomic mass is 32.2. The molecular formula is C18H20N2O4S. The van der Waals surface area contributed by atoms with Crippen LogP contribution in [0.25, 0.3) is 0 Å². The number of anilines is 1. The normalized spacial score (nSPS) is 11.4. The van der Waals surface area contributed by atoms with Crippen molar-refractivity contribution in [2.24, 2.45) is 0 Å². The molecule has 0 heterocycles. The van der Waals surface area contributed by atoms with Crippen LogP contribution in [0, 0.1) is 0 Å². The van der Waals surface area contributed by atoms with E-state index >= 15 is 0 Å². The highest BCUT2D eigenvalue weighted by Gasteiger charge is 2.22. The summed E-state index contributed by atoms with van der Waals surface area (Å²) in [7, 11) is 1.27. The van der Waals surface area contributed by atoms with Crippen molar-refractivity contribution < 1.29 is 19.1 Å². The Morgan fingerprint density at radius 3 is 2.48 bits per heavy atom. The van der Waals surface area contributed by atoms with Crippen LogP contribution in [0.5, 0.6) is 0 Å². The predicted molar refractivity (Wildman–Crippen MR) is 97.1 cm³/mol. The van der Waals surface area contributed by atoms with Crippen LogP contribution in [0.4, 0.5) is 10.5 Å². The summed E-state index contributed by atoms with van der Waals surface area (Å²) in [6.45, 7) is 0.124. The van der Waals surface area contributed by atoms with Crippen molar-refractivity contribution in [1.29, 1.82) is 0 Å². The summed E-state index contributed by atoms with van der Waals surface area (Å²) in [5.74, 6) is -0.264. The number of amides is 1. The van der Waals surface area contributed by atoms with E-state index in [-0.39, 0.29) is 12.4 Å². The fourth-order valence-electron chi connectivity index (χ4n) is 2.00. The number of thioether (sulfide) groups is 1. The monoisotopic (exact) mass is 360 g/mol. The molecule has 3 N–H and O–H groups in total. The van der Waals surface area contributed by atoms with Crippen LogP contribution in [0.1, 0.15) is 5.56 Å². The minimum Gasteiger partial charge on any atom is -0.467 e. The Kier molecular flexibility index (Phi) is 7.16. The standard InChI is InChI=1S/C18H20N2O4S/c1-23-17(21)15(12-25-16-10-6-5-9-14(16)19)20-18(22)24-11-13-7-3-2-4-8-13/h2-10,15H,11-12,19H2,1H3,(H,20,22)/t15-/m0/s1. The Labute approximate surface area is 150 Å². The molecule has 2 aromatic carbocycles. The second kappa shape index (κ2) is 9.58. The summed E-state index contributed by atoms with van der Waals surface area (Å²) in [4.78, 5) is 24.7. The number of carbonyl (C=O) groups is 2. The number of para-hydroxylation sites is 1. The van der Waals surface area contributed by atoms with Gasteiger partial charge in [-0.25, -0.2) is 9.59 Å². The van der Waals surface area contributed by atoms with Gasteiger partial charge in [-0.1, -0.05) is 42.5 Å². The van der Waals surface area contributed by atoms with E-state index in [1.165, 1.54) is 18.9 Å². The van der Waals surface area contributed by atoms with Crippen molar-refractivity contribution in [3.63, 3.8) is 0 Å². The molecule has 0 aliphatic rings. The van der Waals surface area contributed by atoms with Crippen molar-refractivity contribution in [2.75, 3.05) is 18.6 Å². The number of nitrogens with one attached hydrogen (secondary N) is 1. The first-order chi connectivity index (χ1) is 12.1. The van der Waals surface area contributed by atoms with Crippen molar-refractivity contribution in [3.8, 4) is 0 Å². The van der Waals surface area contributed by atoms with Gasteiger partial charge in [-0.05, 0) is 17.7 Å². The van der Waals surface area contributed by atoms with Crippen LogP contribution < -0.4 is 11.1 Å². The molecule has 6 nitrogen and oxygen atoms in total. The van der Waals surface area contributed by atoms with E-state index in [0.29, 0.717) is 5.69 Å². The number of nitrogens with two attached hydrogens (primary N) is 1. The second-order valence-electron chi connectivity index (χ2n) is 5.13. The molecule has 0 spiro atoms. The summed E-state index contributed by atoms with van der Waals surface area (Å²) in [5.41, 5.74) is 7.35. The van der Waals surface area contributed by atoms with Gasteiger partial charge < -0.3 is 20.5 Å². The Hall–Kier alpha value is -2.67. The first-order valence-electron chi connectivity index (χ1n) is 7.62. The van der Waals surface area contributed by atoms with E-state index in [4.69, 9.17) is 15.2 Å². The minimum atomic E-state index is -0.835. The van der Waals surface area contributed by atoms with Crippen molar-refractivity contribution in [1.82, 2.24) is 5.32 Å². The summed E-state index contributed by atoms with van der Waals surface area (Å²) in [5, 5.41) is 2.53. The fraction of sp³-hybridized carbons (Fsp3) is 0.222. The van der Waals surface area contributed by atoms with Gasteiger partial charge in [0, 0.05) is 16.3 Å². The molecular weight excluding hydrogens is 340 g/mol. The van der Waals surface area contributed by atoms with Crippen LogP contribution in [0.2, 0.25) is 0 Å². The van der Waals surface area contributed by atoms with Crippen LogP contribution in [-0.2, 0) is 20.9 Å². The molecule has 132 valence electrons. The van der Waals surface area contributed by atoms with Crippen LogP contribution in [0.3, 0.4) is 0 Å². The largest absolute Gasteiger partial charge is 0.467 e. The number of nitrogen functional groups attached to an aromatic ring is 1. The van der Waals surface area contributed by atoms with Gasteiger partial charge in [-0.2, -0.15) is 0 Å². The topological polar surface area (TPSA) is 90.6 Å². The molecule has 2 aromatic rings. The number of hydrogen-bond donors (Lipinski definition) is 2. The van der Waals surface area contributed by atoms with E-state index in [1.807, 2.05) is 48.5 Å². The lowest BCUT2D eigenvalue weighted by atomic mass is 10.2. The third kappa shape index (κ3) is 6.04. The summed E-state index contributed by atoms with van der Waals surface area (Å²) in [6, 6.07) is 15.8. The molecule has 0 saturated carbocycles. The molecule has 0 saturated heterocycles. The summed E-state index contributed by atoms with van der Waals surface area (Å²) >= 11 is 1.36. The molecule has 1 amide bonds. The molecule has 7 heteroatoms. The Balaban J connectivity index is 1.89. The van der Waals surface area contributed by atoms with Crippen molar-refractivity contribution >= 4 is 29.5 Å². The van der Waals surface area contributed by atoms with Gasteiger partial charge in [0.05, 0.1) is 7.11 Å². The Bertz CT molecular complexity index is 709. The van der Waals surface area contributed by atoms with Crippen LogP contribution in [-0.4, -0.2) is 31.0 Å². The molecule has 0 fully saturated rings. The average Bonchev–Trinajstić information content (AvgIpc) is 2.64. The maximum atomic E-state index is 12.0. The smallest absolute Gasteiger partial charge is 0.408 e. The van der Waals surface area contributed by atoms with Crippen LogP contribution >= 0.6 is 11.8 Å².